The summed E-state index contributed by atoms with van der Waals surface area (Å²) in [4.78, 5) is 29.8. The number of benzene rings is 2. The number of nitrogens with zero attached hydrogens (tertiary/aromatic N) is 2. The van der Waals surface area contributed by atoms with Gasteiger partial charge in [0.05, 0.1) is 25.2 Å². The number of carbonyl (C=O) groups excluding carboxylic acids is 2. The number of hydrogen-bond acceptors (Lipinski definition) is 5. The summed E-state index contributed by atoms with van der Waals surface area (Å²) < 4.78 is 60.3. The van der Waals surface area contributed by atoms with Crippen molar-refractivity contribution in [2.75, 3.05) is 18.8 Å². The summed E-state index contributed by atoms with van der Waals surface area (Å²) in [6, 6.07) is 13.3. The number of rotatable bonds is 6. The van der Waals surface area contributed by atoms with E-state index in [1.807, 2.05) is 0 Å². The zero-order chi connectivity index (χ0) is 27.7. The number of furan rings is 1. The molecule has 0 atom stereocenters. The minimum atomic E-state index is -4.70. The smallest absolute Gasteiger partial charge is 0.420 e. The van der Waals surface area contributed by atoms with Crippen LogP contribution < -0.4 is 11.1 Å². The lowest BCUT2D eigenvalue weighted by molar-refractivity contribution is -0.136. The maximum Gasteiger partial charge on any atom is 0.420 e. The van der Waals surface area contributed by atoms with Gasteiger partial charge in [-0.25, -0.2) is 9.37 Å². The number of nitrogens with one attached hydrogen (secondary N) is 1. The van der Waals surface area contributed by atoms with Crippen molar-refractivity contribution in [1.82, 2.24) is 15.2 Å². The van der Waals surface area contributed by atoms with Gasteiger partial charge in [0.25, 0.3) is 5.91 Å². The van der Waals surface area contributed by atoms with E-state index >= 15 is 0 Å². The molecule has 0 bridgehead atoms. The molecule has 0 aliphatic carbocycles. The number of likely N-dealkylation sites (tertiary alicyclic amines) is 1. The number of aromatic nitrogens is 1. The first-order valence-corrected chi connectivity index (χ1v) is 11.9. The summed E-state index contributed by atoms with van der Waals surface area (Å²) >= 11 is 0. The Morgan fingerprint density at radius 2 is 1.82 bits per heavy atom. The Hall–Kier alpha value is -4.67. The fourth-order valence-corrected chi connectivity index (χ4v) is 4.17. The van der Waals surface area contributed by atoms with Crippen molar-refractivity contribution in [3.05, 3.63) is 89.3 Å². The SMILES string of the molecule is Nc1ccc(/C=C/C(=O)NCc2cc3cc(-c4ccc(C(=O)N5CC(F)C5)cc4)cc(C(F)(F)F)c3o2)cn1. The molecular weight excluding hydrogens is 516 g/mol. The van der Waals surface area contributed by atoms with Gasteiger partial charge in [0.2, 0.25) is 5.91 Å². The molecule has 2 aromatic heterocycles. The molecule has 2 aromatic carbocycles. The van der Waals surface area contributed by atoms with Gasteiger partial charge in [-0.3, -0.25) is 9.59 Å². The normalized spacial score (nSPS) is 14.1. The highest BCUT2D eigenvalue weighted by Crippen LogP contribution is 2.39. The molecule has 39 heavy (non-hydrogen) atoms. The predicted octanol–water partition coefficient (Wildman–Crippen LogP) is 5.22. The molecule has 1 aliphatic rings. The summed E-state index contributed by atoms with van der Waals surface area (Å²) in [6.07, 6.45) is -1.44. The summed E-state index contributed by atoms with van der Waals surface area (Å²) in [6.45, 7) is -0.0604. The average molecular weight is 539 g/mol. The lowest BCUT2D eigenvalue weighted by atomic mass is 9.99. The van der Waals surface area contributed by atoms with Crippen LogP contribution in [0.5, 0.6) is 0 Å². The van der Waals surface area contributed by atoms with E-state index in [0.29, 0.717) is 22.5 Å². The summed E-state index contributed by atoms with van der Waals surface area (Å²) in [5.41, 5.74) is 5.93. The van der Waals surface area contributed by atoms with Crippen LogP contribution in [0.2, 0.25) is 0 Å². The second-order valence-corrected chi connectivity index (χ2v) is 9.10. The lowest BCUT2D eigenvalue weighted by Gasteiger charge is -2.34. The van der Waals surface area contributed by atoms with Gasteiger partial charge in [-0.05, 0) is 65.2 Å². The Bertz CT molecular complexity index is 1550. The van der Waals surface area contributed by atoms with E-state index in [0.717, 1.165) is 6.07 Å². The van der Waals surface area contributed by atoms with Crippen molar-refractivity contribution in [1.29, 1.82) is 0 Å². The first-order chi connectivity index (χ1) is 18.6. The number of fused-ring (bicyclic) bond motifs is 1. The first kappa shape index (κ1) is 26.0. The molecule has 0 saturated carbocycles. The van der Waals surface area contributed by atoms with Gasteiger partial charge in [-0.2, -0.15) is 13.2 Å². The fourth-order valence-electron chi connectivity index (χ4n) is 4.17. The fraction of sp³-hybridized carbons (Fsp3) is 0.179. The molecule has 0 unspecified atom stereocenters. The quantitative estimate of drug-likeness (QED) is 0.259. The van der Waals surface area contributed by atoms with E-state index in [2.05, 4.69) is 10.3 Å². The number of carbonyl (C=O) groups is 2. The van der Waals surface area contributed by atoms with E-state index in [9.17, 15) is 27.2 Å². The number of amides is 2. The van der Waals surface area contributed by atoms with Crippen LogP contribution in [0.1, 0.15) is 27.2 Å². The van der Waals surface area contributed by atoms with Gasteiger partial charge in [0.15, 0.2) is 0 Å². The molecule has 200 valence electrons. The number of pyridine rings is 1. The third-order valence-electron chi connectivity index (χ3n) is 6.24. The zero-order valence-electron chi connectivity index (χ0n) is 20.3. The number of anilines is 1. The van der Waals surface area contributed by atoms with Crippen molar-refractivity contribution in [3.63, 3.8) is 0 Å². The molecule has 0 radical (unpaired) electrons. The Labute approximate surface area is 219 Å². The number of alkyl halides is 4. The second kappa shape index (κ2) is 10.2. The molecule has 0 spiro atoms. The standard InChI is InChI=1S/C28H22F4N4O3/c29-21-14-36(15-21)27(38)18-5-3-17(4-6-18)19-9-20-10-22(39-26(20)23(11-19)28(30,31)32)13-35-25(37)8-2-16-1-7-24(33)34-12-16/h1-12,21H,13-15H2,(H2,33,34)(H,35,37)/b8-2+. The van der Waals surface area contributed by atoms with E-state index < -0.39 is 23.8 Å². The summed E-state index contributed by atoms with van der Waals surface area (Å²) in [7, 11) is 0. The highest BCUT2D eigenvalue weighted by Gasteiger charge is 2.35. The van der Waals surface area contributed by atoms with Crippen LogP contribution in [0.25, 0.3) is 28.2 Å². The molecular formula is C28H22F4N4O3. The number of nitrogen functional groups attached to an aromatic ring is 1. The maximum absolute atomic E-state index is 13.9. The minimum Gasteiger partial charge on any atom is -0.459 e. The Balaban J connectivity index is 1.35. The minimum absolute atomic E-state index is 0.0336. The zero-order valence-corrected chi connectivity index (χ0v) is 20.3. The van der Waals surface area contributed by atoms with Gasteiger partial charge in [-0.1, -0.05) is 12.1 Å². The largest absolute Gasteiger partial charge is 0.459 e. The maximum atomic E-state index is 13.9. The Morgan fingerprint density at radius 1 is 1.08 bits per heavy atom. The Morgan fingerprint density at radius 3 is 2.46 bits per heavy atom. The number of nitrogens with two attached hydrogens (primary N) is 1. The predicted molar refractivity (Wildman–Crippen MR) is 137 cm³/mol. The lowest BCUT2D eigenvalue weighted by Crippen LogP contribution is -2.51. The summed E-state index contributed by atoms with van der Waals surface area (Å²) in [5.74, 6) is -0.318. The van der Waals surface area contributed by atoms with Gasteiger partial charge in [0, 0.05) is 23.2 Å². The molecule has 1 aliphatic heterocycles. The van der Waals surface area contributed by atoms with Crippen LogP contribution in [0.15, 0.2) is 71.3 Å². The van der Waals surface area contributed by atoms with Crippen LogP contribution >= 0.6 is 0 Å². The van der Waals surface area contributed by atoms with E-state index in [4.69, 9.17) is 10.2 Å². The van der Waals surface area contributed by atoms with Crippen molar-refractivity contribution >= 4 is 34.7 Å². The van der Waals surface area contributed by atoms with Crippen molar-refractivity contribution in [3.8, 4) is 11.1 Å². The van der Waals surface area contributed by atoms with Crippen LogP contribution in [-0.4, -0.2) is 41.0 Å². The highest BCUT2D eigenvalue weighted by molar-refractivity contribution is 5.96. The van der Waals surface area contributed by atoms with Crippen LogP contribution in [0, 0.1) is 0 Å². The molecule has 1 saturated heterocycles. The molecule has 3 heterocycles. The monoisotopic (exact) mass is 538 g/mol. The molecule has 7 nitrogen and oxygen atoms in total. The topological polar surface area (TPSA) is 101 Å². The van der Waals surface area contributed by atoms with Crippen molar-refractivity contribution < 1.29 is 31.6 Å². The second-order valence-electron chi connectivity index (χ2n) is 9.10. The van der Waals surface area contributed by atoms with Gasteiger partial charge < -0.3 is 20.4 Å². The van der Waals surface area contributed by atoms with Crippen LogP contribution in [-0.2, 0) is 17.5 Å². The van der Waals surface area contributed by atoms with Crippen LogP contribution in [0.4, 0.5) is 23.4 Å². The Kier molecular flexibility index (Phi) is 6.81. The van der Waals surface area contributed by atoms with Crippen molar-refractivity contribution in [2.24, 2.45) is 0 Å². The van der Waals surface area contributed by atoms with Gasteiger partial charge in [0.1, 0.15) is 23.3 Å². The molecule has 3 N–H and O–H groups in total. The molecule has 2 amide bonds. The highest BCUT2D eigenvalue weighted by atomic mass is 19.4. The van der Waals surface area contributed by atoms with Gasteiger partial charge in [-0.15, -0.1) is 0 Å². The molecule has 11 heteroatoms. The molecule has 1 fully saturated rings. The third kappa shape index (κ3) is 5.77. The van der Waals surface area contributed by atoms with E-state index in [-0.39, 0.29) is 47.8 Å². The van der Waals surface area contributed by atoms with E-state index in [1.54, 1.807) is 30.3 Å². The third-order valence-corrected chi connectivity index (χ3v) is 6.24. The van der Waals surface area contributed by atoms with Crippen LogP contribution in [0.3, 0.4) is 0 Å². The number of halogens is 4. The molecule has 4 aromatic rings. The first-order valence-electron chi connectivity index (χ1n) is 11.9. The summed E-state index contributed by atoms with van der Waals surface area (Å²) in [5, 5.41) is 2.79. The average Bonchev–Trinajstić information content (AvgIpc) is 3.31. The molecule has 5 rings (SSSR count). The van der Waals surface area contributed by atoms with E-state index in [1.165, 1.54) is 41.4 Å². The van der Waals surface area contributed by atoms with Gasteiger partial charge >= 0.3 is 6.18 Å². The van der Waals surface area contributed by atoms with Crippen molar-refractivity contribution in [2.45, 2.75) is 18.9 Å². The number of hydrogen-bond donors (Lipinski definition) is 2.